The van der Waals surface area contributed by atoms with Gasteiger partial charge in [0.05, 0.1) is 5.69 Å². The molecule has 3 aromatic heterocycles. The van der Waals surface area contributed by atoms with Crippen LogP contribution in [0, 0.1) is 6.92 Å². The number of fused-ring (bicyclic) bond motifs is 2. The molecule has 108 valence electrons. The van der Waals surface area contributed by atoms with Crippen LogP contribution in [0.25, 0.3) is 16.6 Å². The monoisotopic (exact) mass is 289 g/mol. The first kappa shape index (κ1) is 12.8. The molecule has 22 heavy (non-hydrogen) atoms. The van der Waals surface area contributed by atoms with Crippen LogP contribution in [0.1, 0.15) is 11.4 Å². The van der Waals surface area contributed by atoms with Crippen molar-refractivity contribution in [3.05, 3.63) is 72.3 Å². The van der Waals surface area contributed by atoms with Gasteiger partial charge < -0.3 is 9.14 Å². The highest BCUT2D eigenvalue weighted by Crippen LogP contribution is 2.23. The molecule has 0 aliphatic rings. The maximum Gasteiger partial charge on any atom is 0.146 e. The standard InChI is InChI=1S/C18H15N3O/c1-13-5-2-9-17-20-15(11-21(13)17)12-22-16-8-3-6-14-7-4-10-19-18(14)16/h2-11H,12H2,1H3. The first-order valence-corrected chi connectivity index (χ1v) is 7.21. The van der Waals surface area contributed by atoms with E-state index in [0.717, 1.165) is 33.7 Å². The van der Waals surface area contributed by atoms with Gasteiger partial charge in [-0.3, -0.25) is 4.98 Å². The first-order valence-electron chi connectivity index (χ1n) is 7.21. The summed E-state index contributed by atoms with van der Waals surface area (Å²) >= 11 is 0. The SMILES string of the molecule is Cc1cccc2nc(COc3cccc4cccnc34)cn12. The number of rotatable bonds is 3. The first-order chi connectivity index (χ1) is 10.8. The van der Waals surface area contributed by atoms with Gasteiger partial charge in [-0.05, 0) is 31.2 Å². The highest BCUT2D eigenvalue weighted by Gasteiger charge is 2.06. The summed E-state index contributed by atoms with van der Waals surface area (Å²) < 4.78 is 8.01. The molecule has 0 bridgehead atoms. The van der Waals surface area contributed by atoms with E-state index < -0.39 is 0 Å². The van der Waals surface area contributed by atoms with E-state index in [-0.39, 0.29) is 0 Å². The van der Waals surface area contributed by atoms with Crippen LogP contribution in [0.5, 0.6) is 5.75 Å². The number of ether oxygens (including phenoxy) is 1. The molecule has 0 atom stereocenters. The van der Waals surface area contributed by atoms with E-state index in [2.05, 4.69) is 27.4 Å². The third-order valence-corrected chi connectivity index (χ3v) is 3.72. The Balaban J connectivity index is 1.64. The van der Waals surface area contributed by atoms with E-state index in [9.17, 15) is 0 Å². The zero-order valence-electron chi connectivity index (χ0n) is 12.2. The molecule has 0 saturated heterocycles. The van der Waals surface area contributed by atoms with Crippen LogP contribution in [-0.2, 0) is 6.61 Å². The molecule has 0 radical (unpaired) electrons. The van der Waals surface area contributed by atoms with Crippen molar-refractivity contribution in [1.82, 2.24) is 14.4 Å². The summed E-state index contributed by atoms with van der Waals surface area (Å²) in [5.74, 6) is 0.784. The lowest BCUT2D eigenvalue weighted by Crippen LogP contribution is -1.97. The molecule has 3 heterocycles. The van der Waals surface area contributed by atoms with E-state index in [1.807, 2.05) is 48.7 Å². The van der Waals surface area contributed by atoms with Gasteiger partial charge in [0, 0.05) is 23.5 Å². The average Bonchev–Trinajstić information content (AvgIpc) is 2.97. The van der Waals surface area contributed by atoms with Crippen molar-refractivity contribution in [3.63, 3.8) is 0 Å². The van der Waals surface area contributed by atoms with Crippen molar-refractivity contribution in [1.29, 1.82) is 0 Å². The molecule has 0 amide bonds. The second-order valence-electron chi connectivity index (χ2n) is 5.25. The van der Waals surface area contributed by atoms with Crippen molar-refractivity contribution in [2.45, 2.75) is 13.5 Å². The number of hydrogen-bond acceptors (Lipinski definition) is 3. The van der Waals surface area contributed by atoms with Gasteiger partial charge in [-0.25, -0.2) is 4.98 Å². The van der Waals surface area contributed by atoms with Crippen molar-refractivity contribution < 1.29 is 4.74 Å². The number of para-hydroxylation sites is 1. The number of pyridine rings is 2. The maximum absolute atomic E-state index is 5.94. The van der Waals surface area contributed by atoms with Crippen molar-refractivity contribution in [2.24, 2.45) is 0 Å². The Labute approximate surface area is 128 Å². The Morgan fingerprint density at radius 1 is 1.05 bits per heavy atom. The van der Waals surface area contributed by atoms with Crippen LogP contribution < -0.4 is 4.74 Å². The second kappa shape index (κ2) is 5.15. The predicted octanol–water partition coefficient (Wildman–Crippen LogP) is 3.77. The molecule has 0 spiro atoms. The number of hydrogen-bond donors (Lipinski definition) is 0. The summed E-state index contributed by atoms with van der Waals surface area (Å²) in [5.41, 5.74) is 3.88. The Hall–Kier alpha value is -2.88. The summed E-state index contributed by atoms with van der Waals surface area (Å²) in [6.45, 7) is 2.49. The van der Waals surface area contributed by atoms with E-state index >= 15 is 0 Å². The molecule has 4 aromatic rings. The number of aryl methyl sites for hydroxylation is 1. The molecule has 1 aromatic carbocycles. The van der Waals surface area contributed by atoms with Crippen molar-refractivity contribution in [3.8, 4) is 5.75 Å². The maximum atomic E-state index is 5.94. The third-order valence-electron chi connectivity index (χ3n) is 3.72. The molecule has 0 unspecified atom stereocenters. The Morgan fingerprint density at radius 3 is 2.82 bits per heavy atom. The molecule has 0 fully saturated rings. The molecule has 0 N–H and O–H groups in total. The molecule has 4 heteroatoms. The molecule has 4 rings (SSSR count). The predicted molar refractivity (Wildman–Crippen MR) is 86.0 cm³/mol. The Bertz CT molecular complexity index is 954. The van der Waals surface area contributed by atoms with Crippen molar-refractivity contribution >= 4 is 16.6 Å². The van der Waals surface area contributed by atoms with Gasteiger partial charge in [0.25, 0.3) is 0 Å². The van der Waals surface area contributed by atoms with Crippen LogP contribution in [0.2, 0.25) is 0 Å². The van der Waals surface area contributed by atoms with Crippen LogP contribution in [0.4, 0.5) is 0 Å². The summed E-state index contributed by atoms with van der Waals surface area (Å²) in [7, 11) is 0. The minimum Gasteiger partial charge on any atom is -0.485 e. The van der Waals surface area contributed by atoms with Gasteiger partial charge in [-0.1, -0.05) is 24.3 Å². The largest absolute Gasteiger partial charge is 0.485 e. The Kier molecular flexibility index (Phi) is 3.00. The third kappa shape index (κ3) is 2.19. The number of nitrogens with zero attached hydrogens (tertiary/aromatic N) is 3. The van der Waals surface area contributed by atoms with Crippen LogP contribution in [0.3, 0.4) is 0 Å². The van der Waals surface area contributed by atoms with E-state index in [1.165, 1.54) is 0 Å². The normalized spacial score (nSPS) is 11.1. The minimum absolute atomic E-state index is 0.427. The van der Waals surface area contributed by atoms with Crippen LogP contribution in [-0.4, -0.2) is 14.4 Å². The van der Waals surface area contributed by atoms with Crippen molar-refractivity contribution in [2.75, 3.05) is 0 Å². The zero-order valence-corrected chi connectivity index (χ0v) is 12.2. The highest BCUT2D eigenvalue weighted by molar-refractivity contribution is 5.84. The summed E-state index contributed by atoms with van der Waals surface area (Å²) in [4.78, 5) is 8.99. The van der Waals surface area contributed by atoms with Gasteiger partial charge in [-0.15, -0.1) is 0 Å². The lowest BCUT2D eigenvalue weighted by molar-refractivity contribution is 0.305. The fraction of sp³-hybridized carbons (Fsp3) is 0.111. The Morgan fingerprint density at radius 2 is 1.91 bits per heavy atom. The van der Waals surface area contributed by atoms with Gasteiger partial charge in [0.15, 0.2) is 0 Å². The van der Waals surface area contributed by atoms with Gasteiger partial charge in [-0.2, -0.15) is 0 Å². The van der Waals surface area contributed by atoms with Gasteiger partial charge in [0.1, 0.15) is 23.5 Å². The fourth-order valence-corrected chi connectivity index (χ4v) is 2.61. The number of imidazole rings is 1. The molecule has 4 nitrogen and oxygen atoms in total. The van der Waals surface area contributed by atoms with Crippen LogP contribution >= 0.6 is 0 Å². The topological polar surface area (TPSA) is 39.4 Å². The van der Waals surface area contributed by atoms with E-state index in [4.69, 9.17) is 4.74 Å². The quantitative estimate of drug-likeness (QED) is 0.576. The minimum atomic E-state index is 0.427. The zero-order chi connectivity index (χ0) is 14.9. The lowest BCUT2D eigenvalue weighted by Gasteiger charge is -2.06. The molecular weight excluding hydrogens is 274 g/mol. The van der Waals surface area contributed by atoms with E-state index in [0.29, 0.717) is 6.61 Å². The summed E-state index contributed by atoms with van der Waals surface area (Å²) in [6, 6.07) is 16.0. The van der Waals surface area contributed by atoms with Crippen LogP contribution in [0.15, 0.2) is 60.9 Å². The number of benzene rings is 1. The smallest absolute Gasteiger partial charge is 0.146 e. The fourth-order valence-electron chi connectivity index (χ4n) is 2.61. The van der Waals surface area contributed by atoms with E-state index in [1.54, 1.807) is 6.20 Å². The van der Waals surface area contributed by atoms with Gasteiger partial charge in [0.2, 0.25) is 0 Å². The highest BCUT2D eigenvalue weighted by atomic mass is 16.5. The second-order valence-corrected chi connectivity index (χ2v) is 5.25. The molecular formula is C18H15N3O. The molecule has 0 saturated carbocycles. The molecule has 0 aliphatic heterocycles. The summed E-state index contributed by atoms with van der Waals surface area (Å²) in [6.07, 6.45) is 3.80. The van der Waals surface area contributed by atoms with Gasteiger partial charge >= 0.3 is 0 Å². The summed E-state index contributed by atoms with van der Waals surface area (Å²) in [5, 5.41) is 1.07. The molecule has 0 aliphatic carbocycles. The number of aromatic nitrogens is 3. The lowest BCUT2D eigenvalue weighted by atomic mass is 10.2. The average molecular weight is 289 g/mol.